The molecule has 6 heteroatoms. The van der Waals surface area contributed by atoms with Gasteiger partial charge in [-0.15, -0.1) is 0 Å². The van der Waals surface area contributed by atoms with Crippen LogP contribution in [-0.2, 0) is 6.54 Å². The van der Waals surface area contributed by atoms with Gasteiger partial charge in [0.1, 0.15) is 0 Å². The lowest BCUT2D eigenvalue weighted by Crippen LogP contribution is -2.07. The Bertz CT molecular complexity index is 637. The van der Waals surface area contributed by atoms with Crippen molar-refractivity contribution >= 4 is 33.2 Å². The Balaban J connectivity index is 2.22. The van der Waals surface area contributed by atoms with E-state index in [1.165, 1.54) is 6.07 Å². The number of halogens is 4. The van der Waals surface area contributed by atoms with Crippen LogP contribution in [0.2, 0.25) is 5.02 Å². The van der Waals surface area contributed by atoms with E-state index in [1.807, 2.05) is 31.2 Å². The van der Waals surface area contributed by atoms with Crippen LogP contribution in [0.4, 0.5) is 14.5 Å². The van der Waals surface area contributed by atoms with E-state index in [2.05, 4.69) is 26.0 Å². The van der Waals surface area contributed by atoms with Gasteiger partial charge in [-0.3, -0.25) is 0 Å². The molecular formula is C15H13BrClF2NO. The molecule has 0 aliphatic carbocycles. The number of hydrogen-bond acceptors (Lipinski definition) is 2. The maximum absolute atomic E-state index is 12.5. The molecule has 0 bridgehead atoms. The van der Waals surface area contributed by atoms with E-state index in [1.54, 1.807) is 6.07 Å². The first kappa shape index (κ1) is 16.0. The number of ether oxygens (including phenoxy) is 1. The van der Waals surface area contributed by atoms with Crippen molar-refractivity contribution in [3.8, 4) is 5.75 Å². The van der Waals surface area contributed by atoms with Crippen molar-refractivity contribution in [2.75, 3.05) is 5.32 Å². The number of hydrogen-bond donors (Lipinski definition) is 1. The van der Waals surface area contributed by atoms with Crippen molar-refractivity contribution in [1.29, 1.82) is 0 Å². The van der Waals surface area contributed by atoms with Gasteiger partial charge in [0.05, 0.1) is 10.2 Å². The van der Waals surface area contributed by atoms with Crippen LogP contribution in [0.5, 0.6) is 5.75 Å². The molecule has 0 unspecified atom stereocenters. The molecule has 2 aromatic carbocycles. The largest absolute Gasteiger partial charge is 0.431 e. The molecule has 0 spiro atoms. The molecule has 1 N–H and O–H groups in total. The minimum Gasteiger partial charge on any atom is -0.431 e. The van der Waals surface area contributed by atoms with Gasteiger partial charge in [-0.2, -0.15) is 8.78 Å². The normalized spacial score (nSPS) is 10.8. The summed E-state index contributed by atoms with van der Waals surface area (Å²) in [7, 11) is 0. The van der Waals surface area contributed by atoms with Crippen LogP contribution in [0, 0.1) is 6.92 Å². The molecule has 0 saturated heterocycles. The maximum Gasteiger partial charge on any atom is 0.387 e. The molecule has 112 valence electrons. The second kappa shape index (κ2) is 7.09. The van der Waals surface area contributed by atoms with Gasteiger partial charge in [0.25, 0.3) is 0 Å². The highest BCUT2D eigenvalue weighted by molar-refractivity contribution is 9.10. The van der Waals surface area contributed by atoms with Crippen molar-refractivity contribution in [2.24, 2.45) is 0 Å². The van der Waals surface area contributed by atoms with Crippen molar-refractivity contribution in [3.63, 3.8) is 0 Å². The van der Waals surface area contributed by atoms with E-state index in [-0.39, 0.29) is 5.75 Å². The lowest BCUT2D eigenvalue weighted by Gasteiger charge is -2.15. The van der Waals surface area contributed by atoms with Gasteiger partial charge in [-0.25, -0.2) is 0 Å². The zero-order valence-corrected chi connectivity index (χ0v) is 13.5. The molecule has 0 aromatic heterocycles. The van der Waals surface area contributed by atoms with E-state index in [4.69, 9.17) is 11.6 Å². The van der Waals surface area contributed by atoms with E-state index >= 15 is 0 Å². The molecule has 0 saturated carbocycles. The molecule has 0 radical (unpaired) electrons. The average Bonchev–Trinajstić information content (AvgIpc) is 2.39. The molecule has 0 aliphatic rings. The average molecular weight is 377 g/mol. The first-order valence-corrected chi connectivity index (χ1v) is 7.36. The van der Waals surface area contributed by atoms with Gasteiger partial charge < -0.3 is 10.1 Å². The first-order chi connectivity index (χ1) is 9.95. The zero-order chi connectivity index (χ0) is 15.4. The predicted octanol–water partition coefficient (Wildman–Crippen LogP) is 5.62. The summed E-state index contributed by atoms with van der Waals surface area (Å²) in [6.45, 7) is -0.430. The Hall–Kier alpha value is -1.33. The standard InChI is InChI=1S/C15H13BrClF2NO/c1-9-3-2-4-10(5-9)8-20-13-7-11(17)6-12(16)14(13)21-15(18)19/h2-7,15,20H,8H2,1H3. The van der Waals surface area contributed by atoms with E-state index < -0.39 is 6.61 Å². The fourth-order valence-electron chi connectivity index (χ4n) is 1.92. The van der Waals surface area contributed by atoms with Crippen LogP contribution in [0.25, 0.3) is 0 Å². The smallest absolute Gasteiger partial charge is 0.387 e. The molecule has 0 aliphatic heterocycles. The van der Waals surface area contributed by atoms with Gasteiger partial charge in [0.2, 0.25) is 0 Å². The number of alkyl halides is 2. The van der Waals surface area contributed by atoms with Gasteiger partial charge in [-0.05, 0) is 40.5 Å². The van der Waals surface area contributed by atoms with Crippen LogP contribution in [0.15, 0.2) is 40.9 Å². The molecule has 2 aromatic rings. The Kier molecular flexibility index (Phi) is 5.42. The number of anilines is 1. The minimum absolute atomic E-state index is 0.0436. The number of aryl methyl sites for hydroxylation is 1. The third kappa shape index (κ3) is 4.58. The Morgan fingerprint density at radius 1 is 1.29 bits per heavy atom. The zero-order valence-electron chi connectivity index (χ0n) is 11.2. The van der Waals surface area contributed by atoms with Gasteiger partial charge in [0, 0.05) is 11.6 Å². The highest BCUT2D eigenvalue weighted by Gasteiger charge is 2.14. The van der Waals surface area contributed by atoms with E-state index in [9.17, 15) is 8.78 Å². The summed E-state index contributed by atoms with van der Waals surface area (Å²) < 4.78 is 29.9. The summed E-state index contributed by atoms with van der Waals surface area (Å²) in [4.78, 5) is 0. The SMILES string of the molecule is Cc1cccc(CNc2cc(Cl)cc(Br)c2OC(F)F)c1. The molecular weight excluding hydrogens is 364 g/mol. The quantitative estimate of drug-likeness (QED) is 0.731. The monoisotopic (exact) mass is 375 g/mol. The summed E-state index contributed by atoms with van der Waals surface area (Å²) in [6, 6.07) is 11.0. The number of nitrogens with one attached hydrogen (secondary N) is 1. The Morgan fingerprint density at radius 3 is 2.71 bits per heavy atom. The fraction of sp³-hybridized carbons (Fsp3) is 0.200. The molecule has 2 rings (SSSR count). The highest BCUT2D eigenvalue weighted by Crippen LogP contribution is 2.37. The van der Waals surface area contributed by atoms with Gasteiger partial charge >= 0.3 is 6.61 Å². The predicted molar refractivity (Wildman–Crippen MR) is 84.3 cm³/mol. The van der Waals surface area contributed by atoms with Gasteiger partial charge in [0.15, 0.2) is 5.75 Å². The third-order valence-corrected chi connectivity index (χ3v) is 3.59. The van der Waals surface area contributed by atoms with Crippen LogP contribution < -0.4 is 10.1 Å². The second-order valence-electron chi connectivity index (χ2n) is 4.49. The molecule has 2 nitrogen and oxygen atoms in total. The third-order valence-electron chi connectivity index (χ3n) is 2.78. The van der Waals surface area contributed by atoms with Crippen molar-refractivity contribution < 1.29 is 13.5 Å². The molecule has 0 atom stereocenters. The first-order valence-electron chi connectivity index (χ1n) is 6.19. The number of benzene rings is 2. The van der Waals surface area contributed by atoms with E-state index in [0.717, 1.165) is 11.1 Å². The summed E-state index contributed by atoms with van der Waals surface area (Å²) >= 11 is 9.13. The lowest BCUT2D eigenvalue weighted by molar-refractivity contribution is -0.0498. The van der Waals surface area contributed by atoms with Crippen molar-refractivity contribution in [2.45, 2.75) is 20.1 Å². The fourth-order valence-corrected chi connectivity index (χ4v) is 2.82. The molecule has 0 amide bonds. The van der Waals surface area contributed by atoms with Crippen LogP contribution in [0.3, 0.4) is 0 Å². The second-order valence-corrected chi connectivity index (χ2v) is 5.78. The Morgan fingerprint density at radius 2 is 2.05 bits per heavy atom. The summed E-state index contributed by atoms with van der Waals surface area (Å²) in [5.74, 6) is 0.0436. The summed E-state index contributed by atoms with van der Waals surface area (Å²) in [6.07, 6.45) is 0. The highest BCUT2D eigenvalue weighted by atomic mass is 79.9. The lowest BCUT2D eigenvalue weighted by atomic mass is 10.1. The summed E-state index contributed by atoms with van der Waals surface area (Å²) in [5.41, 5.74) is 2.58. The minimum atomic E-state index is -2.90. The molecule has 21 heavy (non-hydrogen) atoms. The van der Waals surface area contributed by atoms with Crippen LogP contribution in [0.1, 0.15) is 11.1 Å². The summed E-state index contributed by atoms with van der Waals surface area (Å²) in [5, 5.41) is 3.50. The van der Waals surface area contributed by atoms with Crippen LogP contribution >= 0.6 is 27.5 Å². The maximum atomic E-state index is 12.5. The van der Waals surface area contributed by atoms with Crippen molar-refractivity contribution in [3.05, 3.63) is 57.0 Å². The number of rotatable bonds is 5. The Labute approximate surface area is 135 Å². The van der Waals surface area contributed by atoms with Crippen molar-refractivity contribution in [1.82, 2.24) is 0 Å². The van der Waals surface area contributed by atoms with Gasteiger partial charge in [-0.1, -0.05) is 41.4 Å². The van der Waals surface area contributed by atoms with E-state index in [0.29, 0.717) is 21.7 Å². The molecule has 0 heterocycles. The molecule has 0 fully saturated rings. The topological polar surface area (TPSA) is 21.3 Å². The van der Waals surface area contributed by atoms with Crippen LogP contribution in [-0.4, -0.2) is 6.61 Å².